The summed E-state index contributed by atoms with van der Waals surface area (Å²) in [6, 6.07) is 19.8. The van der Waals surface area contributed by atoms with Crippen LogP contribution in [-0.4, -0.2) is 54.1 Å². The molecular weight excluding hydrogens is 536 g/mol. The lowest BCUT2D eigenvalue weighted by atomic mass is 9.90. The van der Waals surface area contributed by atoms with Gasteiger partial charge < -0.3 is 29.5 Å². The molecule has 0 saturated carbocycles. The van der Waals surface area contributed by atoms with Crippen molar-refractivity contribution < 1.29 is 33.7 Å². The van der Waals surface area contributed by atoms with E-state index in [1.54, 1.807) is 0 Å². The van der Waals surface area contributed by atoms with Gasteiger partial charge in [0.25, 0.3) is 5.91 Å². The number of cyclic esters (lactones) is 2. The third kappa shape index (κ3) is 6.34. The lowest BCUT2D eigenvalue weighted by Crippen LogP contribution is -2.43. The molecule has 1 unspecified atom stereocenters. The third-order valence-corrected chi connectivity index (χ3v) is 7.67. The molecule has 1 fully saturated rings. The number of nitrogens with one attached hydrogen (secondary N) is 1. The lowest BCUT2D eigenvalue weighted by molar-refractivity contribution is -0.275. The van der Waals surface area contributed by atoms with E-state index in [1.807, 2.05) is 61.7 Å². The summed E-state index contributed by atoms with van der Waals surface area (Å²) in [7, 11) is 2.03. The van der Waals surface area contributed by atoms with E-state index in [2.05, 4.69) is 28.5 Å². The molecule has 2 N–H and O–H groups in total. The smallest absolute Gasteiger partial charge is 0.346 e. The first-order chi connectivity index (χ1) is 20.3. The summed E-state index contributed by atoms with van der Waals surface area (Å²) in [5.41, 5.74) is 4.10. The maximum Gasteiger partial charge on any atom is 0.346 e. The van der Waals surface area contributed by atoms with Crippen LogP contribution in [0.25, 0.3) is 0 Å². The molecule has 42 heavy (non-hydrogen) atoms. The second-order valence-electron chi connectivity index (χ2n) is 10.7. The summed E-state index contributed by atoms with van der Waals surface area (Å²) in [5.74, 6) is -1.75. The van der Waals surface area contributed by atoms with E-state index in [9.17, 15) is 19.5 Å². The second-order valence-corrected chi connectivity index (χ2v) is 10.7. The number of nitrogens with zero attached hydrogens (tertiary/aromatic N) is 1. The SMILES string of the molecule is C=CCN(C)C[C@H]1OC(c2ccc(CNC(=O)c3ccc4c(c3)C(=O)OC4=O)cc2)O[C@@H](c2ccc(CO)cc2)[C@H]1C. The van der Waals surface area contributed by atoms with E-state index in [0.29, 0.717) is 6.54 Å². The van der Waals surface area contributed by atoms with Gasteiger partial charge in [0, 0.05) is 36.7 Å². The molecule has 0 aliphatic carbocycles. The molecule has 5 rings (SSSR count). The van der Waals surface area contributed by atoms with Crippen LogP contribution < -0.4 is 5.32 Å². The molecule has 2 heterocycles. The zero-order valence-corrected chi connectivity index (χ0v) is 23.6. The number of hydrogen-bond acceptors (Lipinski definition) is 8. The van der Waals surface area contributed by atoms with Crippen LogP contribution in [0.3, 0.4) is 0 Å². The highest BCUT2D eigenvalue weighted by Crippen LogP contribution is 2.41. The molecule has 0 aromatic heterocycles. The molecule has 0 bridgehead atoms. The highest BCUT2D eigenvalue weighted by Gasteiger charge is 2.38. The molecule has 1 saturated heterocycles. The summed E-state index contributed by atoms with van der Waals surface area (Å²) in [6.07, 6.45) is 0.958. The van der Waals surface area contributed by atoms with E-state index < -0.39 is 18.2 Å². The number of rotatable bonds is 10. The molecule has 2 aliphatic heterocycles. The minimum absolute atomic E-state index is 0.0160. The molecule has 4 atom stereocenters. The Morgan fingerprint density at radius 3 is 2.31 bits per heavy atom. The van der Waals surface area contributed by atoms with Crippen molar-refractivity contribution in [3.63, 3.8) is 0 Å². The van der Waals surface area contributed by atoms with Crippen LogP contribution >= 0.6 is 0 Å². The number of esters is 2. The monoisotopic (exact) mass is 570 g/mol. The Hall–Kier alpha value is -4.15. The van der Waals surface area contributed by atoms with Crippen molar-refractivity contribution in [1.82, 2.24) is 10.2 Å². The van der Waals surface area contributed by atoms with Gasteiger partial charge >= 0.3 is 11.9 Å². The van der Waals surface area contributed by atoms with Gasteiger partial charge in [0.1, 0.15) is 0 Å². The highest BCUT2D eigenvalue weighted by atomic mass is 16.7. The number of amides is 1. The summed E-state index contributed by atoms with van der Waals surface area (Å²) in [6.45, 7) is 7.66. The maximum absolute atomic E-state index is 12.7. The third-order valence-electron chi connectivity index (χ3n) is 7.67. The Morgan fingerprint density at radius 2 is 1.62 bits per heavy atom. The van der Waals surface area contributed by atoms with Crippen molar-refractivity contribution >= 4 is 17.8 Å². The molecule has 0 spiro atoms. The van der Waals surface area contributed by atoms with E-state index >= 15 is 0 Å². The van der Waals surface area contributed by atoms with Crippen molar-refractivity contribution in [2.75, 3.05) is 20.1 Å². The van der Waals surface area contributed by atoms with Crippen molar-refractivity contribution in [3.05, 3.63) is 118 Å². The van der Waals surface area contributed by atoms with Gasteiger partial charge in [-0.3, -0.25) is 4.79 Å². The number of ether oxygens (including phenoxy) is 3. The normalized spacial score (nSPS) is 21.6. The largest absolute Gasteiger partial charge is 0.392 e. The van der Waals surface area contributed by atoms with Crippen LogP contribution in [0, 0.1) is 5.92 Å². The van der Waals surface area contributed by atoms with Crippen LogP contribution in [0.15, 0.2) is 79.4 Å². The van der Waals surface area contributed by atoms with E-state index in [4.69, 9.17) is 9.47 Å². The van der Waals surface area contributed by atoms with Crippen molar-refractivity contribution in [3.8, 4) is 0 Å². The van der Waals surface area contributed by atoms with Crippen LogP contribution in [0.2, 0.25) is 0 Å². The molecule has 1 amide bonds. The zero-order valence-electron chi connectivity index (χ0n) is 23.6. The molecular formula is C33H34N2O7. The van der Waals surface area contributed by atoms with Gasteiger partial charge in [-0.2, -0.15) is 0 Å². The maximum atomic E-state index is 12.7. The van der Waals surface area contributed by atoms with E-state index in [0.717, 1.165) is 28.8 Å². The number of carbonyl (C=O) groups excluding carboxylic acids is 3. The fraction of sp³-hybridized carbons (Fsp3) is 0.303. The summed E-state index contributed by atoms with van der Waals surface area (Å²) in [4.78, 5) is 38.4. The Kier molecular flexibility index (Phi) is 8.94. The average Bonchev–Trinajstić information content (AvgIpc) is 3.29. The summed E-state index contributed by atoms with van der Waals surface area (Å²) >= 11 is 0. The molecule has 3 aromatic rings. The molecule has 2 aliphatic rings. The average molecular weight is 571 g/mol. The lowest BCUT2D eigenvalue weighted by Gasteiger charge is -2.42. The van der Waals surface area contributed by atoms with E-state index in [-0.39, 0.29) is 53.9 Å². The predicted octanol–water partition coefficient (Wildman–Crippen LogP) is 4.33. The van der Waals surface area contributed by atoms with Crippen LogP contribution in [-0.2, 0) is 27.4 Å². The van der Waals surface area contributed by atoms with Gasteiger partial charge in [-0.1, -0.05) is 61.5 Å². The van der Waals surface area contributed by atoms with Crippen molar-refractivity contribution in [2.24, 2.45) is 5.92 Å². The number of carbonyl (C=O) groups is 3. The predicted molar refractivity (Wildman–Crippen MR) is 154 cm³/mol. The van der Waals surface area contributed by atoms with Gasteiger partial charge in [-0.25, -0.2) is 9.59 Å². The fourth-order valence-electron chi connectivity index (χ4n) is 5.23. The molecule has 9 heteroatoms. The van der Waals surface area contributed by atoms with Gasteiger partial charge in [0.15, 0.2) is 6.29 Å². The number of likely N-dealkylation sites (N-methyl/N-ethyl adjacent to an activating group) is 1. The minimum atomic E-state index is -0.749. The number of aliphatic hydroxyl groups excluding tert-OH is 1. The van der Waals surface area contributed by atoms with Gasteiger partial charge in [0.2, 0.25) is 0 Å². The number of benzene rings is 3. The number of hydrogen-bond donors (Lipinski definition) is 2. The van der Waals surface area contributed by atoms with Crippen LogP contribution in [0.5, 0.6) is 0 Å². The summed E-state index contributed by atoms with van der Waals surface area (Å²) < 4.78 is 17.6. The second kappa shape index (κ2) is 12.8. The fourth-order valence-corrected chi connectivity index (χ4v) is 5.23. The number of fused-ring (bicyclic) bond motifs is 1. The van der Waals surface area contributed by atoms with Crippen molar-refractivity contribution in [1.29, 1.82) is 0 Å². The first kappa shape index (κ1) is 29.3. The van der Waals surface area contributed by atoms with E-state index in [1.165, 1.54) is 18.2 Å². The Labute approximate surface area is 244 Å². The zero-order chi connectivity index (χ0) is 29.8. The van der Waals surface area contributed by atoms with Crippen molar-refractivity contribution in [2.45, 2.75) is 38.6 Å². The Bertz CT molecular complexity index is 1470. The highest BCUT2D eigenvalue weighted by molar-refractivity contribution is 6.15. The van der Waals surface area contributed by atoms with Gasteiger partial charge in [-0.05, 0) is 41.9 Å². The Balaban J connectivity index is 1.28. The summed E-state index contributed by atoms with van der Waals surface area (Å²) in [5, 5.41) is 12.3. The molecule has 0 radical (unpaired) electrons. The molecule has 9 nitrogen and oxygen atoms in total. The Morgan fingerprint density at radius 1 is 0.952 bits per heavy atom. The minimum Gasteiger partial charge on any atom is -0.392 e. The van der Waals surface area contributed by atoms with Crippen LogP contribution in [0.4, 0.5) is 0 Å². The standard InChI is InChI=1S/C33H34N2O7/c1-4-15-35(3)18-28-20(2)29(23-9-7-22(19-36)8-10-23)41-33(40-28)24-11-5-21(6-12-24)17-34-30(37)25-13-14-26-27(16-25)32(39)42-31(26)38/h4-14,16,20,28-29,33,36H,1,15,17-19H2,2-3H3,(H,34,37)/t20-,28+,29+,33?/m0/s1. The number of aliphatic hydroxyl groups is 1. The molecule has 3 aromatic carbocycles. The van der Waals surface area contributed by atoms with Gasteiger partial charge in [-0.15, -0.1) is 6.58 Å². The first-order valence-electron chi connectivity index (χ1n) is 13.8. The first-order valence-corrected chi connectivity index (χ1v) is 13.8. The van der Waals surface area contributed by atoms with Gasteiger partial charge in [0.05, 0.1) is 29.9 Å². The molecule has 218 valence electrons. The van der Waals surface area contributed by atoms with Crippen LogP contribution in [0.1, 0.15) is 72.6 Å². The quantitative estimate of drug-likeness (QED) is 0.210. The topological polar surface area (TPSA) is 114 Å².